The lowest BCUT2D eigenvalue weighted by Gasteiger charge is -2.14. The molecule has 0 N–H and O–H groups in total. The number of rotatable bonds is 3. The zero-order valence-electron chi connectivity index (χ0n) is 10.4. The largest absolute Gasteiger partial charge is 0.471 e. The molecule has 1 aliphatic rings. The third-order valence-electron chi connectivity index (χ3n) is 3.06. The van der Waals surface area contributed by atoms with Crippen molar-refractivity contribution in [1.29, 1.82) is 0 Å². The van der Waals surface area contributed by atoms with Crippen LogP contribution >= 0.6 is 11.6 Å². The highest BCUT2D eigenvalue weighted by atomic mass is 35.5. The molecule has 0 aliphatic carbocycles. The number of hydrogen-bond donors (Lipinski definition) is 0. The average Bonchev–Trinajstić information content (AvgIpc) is 2.92. The van der Waals surface area contributed by atoms with Crippen LogP contribution in [0, 0.1) is 0 Å². The van der Waals surface area contributed by atoms with Gasteiger partial charge in [-0.15, -0.1) is 0 Å². The Bertz CT molecular complexity index is 633. The van der Waals surface area contributed by atoms with Crippen molar-refractivity contribution >= 4 is 22.4 Å². The molecule has 1 unspecified atom stereocenters. The van der Waals surface area contributed by atoms with Crippen molar-refractivity contribution < 1.29 is 18.3 Å². The van der Waals surface area contributed by atoms with Gasteiger partial charge in [-0.2, -0.15) is 0 Å². The number of aromatic nitrogens is 2. The Morgan fingerprint density at radius 1 is 1.40 bits per heavy atom. The lowest BCUT2D eigenvalue weighted by atomic mass is 10.2. The second-order valence-electron chi connectivity index (χ2n) is 4.48. The Morgan fingerprint density at radius 3 is 2.95 bits per heavy atom. The summed E-state index contributed by atoms with van der Waals surface area (Å²) < 4.78 is 36.6. The van der Waals surface area contributed by atoms with E-state index >= 15 is 0 Å². The van der Waals surface area contributed by atoms with Crippen molar-refractivity contribution in [2.24, 2.45) is 0 Å². The maximum Gasteiger partial charge on any atom is 0.280 e. The zero-order valence-corrected chi connectivity index (χ0v) is 11.1. The molecule has 3 heterocycles. The number of alkyl halides is 2. The van der Waals surface area contributed by atoms with Gasteiger partial charge in [-0.1, -0.05) is 11.6 Å². The third-order valence-corrected chi connectivity index (χ3v) is 3.26. The molecule has 4 nitrogen and oxygen atoms in total. The minimum absolute atomic E-state index is 0.151. The molecule has 2 aromatic rings. The van der Waals surface area contributed by atoms with E-state index in [9.17, 15) is 8.78 Å². The van der Waals surface area contributed by atoms with Gasteiger partial charge in [0, 0.05) is 23.4 Å². The van der Waals surface area contributed by atoms with Crippen LogP contribution in [0.25, 0.3) is 10.8 Å². The molecule has 0 saturated carbocycles. The first kappa shape index (κ1) is 13.5. The topological polar surface area (TPSA) is 44.2 Å². The summed E-state index contributed by atoms with van der Waals surface area (Å²) in [5, 5.41) is 1.35. The fourth-order valence-electron chi connectivity index (χ4n) is 2.08. The third kappa shape index (κ3) is 2.66. The second-order valence-corrected chi connectivity index (χ2v) is 4.87. The zero-order chi connectivity index (χ0) is 14.1. The van der Waals surface area contributed by atoms with Gasteiger partial charge in [-0.05, 0) is 12.1 Å². The van der Waals surface area contributed by atoms with E-state index in [1.54, 1.807) is 6.07 Å². The van der Waals surface area contributed by atoms with Crippen molar-refractivity contribution in [3.63, 3.8) is 0 Å². The smallest absolute Gasteiger partial charge is 0.280 e. The van der Waals surface area contributed by atoms with Gasteiger partial charge in [0.25, 0.3) is 6.43 Å². The molecule has 0 aromatic carbocycles. The molecule has 0 bridgehead atoms. The van der Waals surface area contributed by atoms with E-state index < -0.39 is 6.43 Å². The molecular formula is C13H11ClF2N2O2. The summed E-state index contributed by atoms with van der Waals surface area (Å²) in [5.41, 5.74) is -0.337. The molecular weight excluding hydrogens is 290 g/mol. The van der Waals surface area contributed by atoms with Gasteiger partial charge in [0.05, 0.1) is 13.2 Å². The second kappa shape index (κ2) is 5.46. The predicted molar refractivity (Wildman–Crippen MR) is 69.4 cm³/mol. The van der Waals surface area contributed by atoms with E-state index in [2.05, 4.69) is 9.97 Å². The SMILES string of the molecule is FC(F)c1cc2cnc(Cl)cc2c(OC2CCOC2)n1. The van der Waals surface area contributed by atoms with Crippen LogP contribution in [0.15, 0.2) is 18.3 Å². The van der Waals surface area contributed by atoms with Crippen molar-refractivity contribution in [1.82, 2.24) is 9.97 Å². The van der Waals surface area contributed by atoms with E-state index in [0.717, 1.165) is 0 Å². The van der Waals surface area contributed by atoms with Gasteiger partial charge in [0.2, 0.25) is 5.88 Å². The number of ether oxygens (including phenoxy) is 2. The lowest BCUT2D eigenvalue weighted by Crippen LogP contribution is -2.17. The molecule has 1 aliphatic heterocycles. The average molecular weight is 301 g/mol. The Kier molecular flexibility index (Phi) is 3.67. The summed E-state index contributed by atoms with van der Waals surface area (Å²) in [7, 11) is 0. The summed E-state index contributed by atoms with van der Waals surface area (Å²) in [6, 6.07) is 2.85. The first-order valence-corrected chi connectivity index (χ1v) is 6.50. The summed E-state index contributed by atoms with van der Waals surface area (Å²) in [5.74, 6) is 0.151. The van der Waals surface area contributed by atoms with Crippen LogP contribution in [0.2, 0.25) is 5.15 Å². The molecule has 0 radical (unpaired) electrons. The number of pyridine rings is 2. The summed E-state index contributed by atoms with van der Waals surface area (Å²) >= 11 is 5.84. The van der Waals surface area contributed by atoms with Crippen LogP contribution < -0.4 is 4.74 Å². The summed E-state index contributed by atoms with van der Waals surface area (Å²) in [6.07, 6.45) is -0.702. The van der Waals surface area contributed by atoms with Crippen LogP contribution in [0.1, 0.15) is 18.5 Å². The van der Waals surface area contributed by atoms with E-state index in [1.807, 2.05) is 0 Å². The number of hydrogen-bond acceptors (Lipinski definition) is 4. The van der Waals surface area contributed by atoms with Gasteiger partial charge < -0.3 is 9.47 Å². The summed E-state index contributed by atoms with van der Waals surface area (Å²) in [4.78, 5) is 7.78. The fourth-order valence-corrected chi connectivity index (χ4v) is 2.23. The minimum atomic E-state index is -2.67. The number of nitrogens with zero attached hydrogens (tertiary/aromatic N) is 2. The first-order valence-electron chi connectivity index (χ1n) is 6.12. The molecule has 3 rings (SSSR count). The Labute approximate surface area is 118 Å². The molecule has 20 heavy (non-hydrogen) atoms. The molecule has 0 amide bonds. The normalized spacial score (nSPS) is 18.9. The van der Waals surface area contributed by atoms with Crippen molar-refractivity contribution in [3.8, 4) is 5.88 Å². The Hall–Kier alpha value is -1.53. The highest BCUT2D eigenvalue weighted by Gasteiger charge is 2.21. The number of halogens is 3. The first-order chi connectivity index (χ1) is 9.63. The summed E-state index contributed by atoms with van der Waals surface area (Å²) in [6.45, 7) is 1.03. The van der Waals surface area contributed by atoms with Crippen LogP contribution in [0.5, 0.6) is 5.88 Å². The van der Waals surface area contributed by atoms with E-state index in [-0.39, 0.29) is 22.8 Å². The Balaban J connectivity index is 2.07. The van der Waals surface area contributed by atoms with Gasteiger partial charge >= 0.3 is 0 Å². The molecule has 2 aromatic heterocycles. The van der Waals surface area contributed by atoms with Crippen LogP contribution in [0.4, 0.5) is 8.78 Å². The van der Waals surface area contributed by atoms with Gasteiger partial charge in [0.15, 0.2) is 0 Å². The standard InChI is InChI=1S/C13H11ClF2N2O2/c14-11-4-9-7(5-17-11)3-10(12(15)16)18-13(9)20-8-1-2-19-6-8/h3-5,8,12H,1-2,6H2. The van der Waals surface area contributed by atoms with E-state index in [4.69, 9.17) is 21.1 Å². The van der Waals surface area contributed by atoms with Crippen LogP contribution in [0.3, 0.4) is 0 Å². The van der Waals surface area contributed by atoms with Gasteiger partial charge in [-0.3, -0.25) is 0 Å². The molecule has 1 fully saturated rings. The maximum absolute atomic E-state index is 12.9. The van der Waals surface area contributed by atoms with E-state index in [1.165, 1.54) is 12.3 Å². The van der Waals surface area contributed by atoms with Crippen molar-refractivity contribution in [2.45, 2.75) is 19.0 Å². The highest BCUT2D eigenvalue weighted by molar-refractivity contribution is 6.30. The molecule has 1 saturated heterocycles. The number of fused-ring (bicyclic) bond motifs is 1. The molecule has 7 heteroatoms. The van der Waals surface area contributed by atoms with Crippen LogP contribution in [-0.4, -0.2) is 29.3 Å². The monoisotopic (exact) mass is 300 g/mol. The van der Waals surface area contributed by atoms with Gasteiger partial charge in [-0.25, -0.2) is 18.7 Å². The maximum atomic E-state index is 12.9. The predicted octanol–water partition coefficient (Wildman–Crippen LogP) is 3.39. The van der Waals surface area contributed by atoms with Gasteiger partial charge in [0.1, 0.15) is 17.0 Å². The van der Waals surface area contributed by atoms with Crippen molar-refractivity contribution in [3.05, 3.63) is 29.2 Å². The lowest BCUT2D eigenvalue weighted by molar-refractivity contribution is 0.132. The van der Waals surface area contributed by atoms with E-state index in [0.29, 0.717) is 30.4 Å². The van der Waals surface area contributed by atoms with Crippen molar-refractivity contribution in [2.75, 3.05) is 13.2 Å². The molecule has 0 spiro atoms. The van der Waals surface area contributed by atoms with Crippen LogP contribution in [-0.2, 0) is 4.74 Å². The highest BCUT2D eigenvalue weighted by Crippen LogP contribution is 2.31. The molecule has 1 atom stereocenters. The fraction of sp³-hybridized carbons (Fsp3) is 0.385. The Morgan fingerprint density at radius 2 is 2.25 bits per heavy atom. The quantitative estimate of drug-likeness (QED) is 0.815. The minimum Gasteiger partial charge on any atom is -0.471 e. The molecule has 106 valence electrons.